The summed E-state index contributed by atoms with van der Waals surface area (Å²) < 4.78 is 10.5. The smallest absolute Gasteiger partial charge is 0.250 e. The van der Waals surface area contributed by atoms with E-state index in [2.05, 4.69) is 15.3 Å². The van der Waals surface area contributed by atoms with E-state index in [1.165, 1.54) is 13.2 Å². The van der Waals surface area contributed by atoms with E-state index in [1.807, 2.05) is 30.3 Å². The van der Waals surface area contributed by atoms with Crippen LogP contribution in [-0.4, -0.2) is 29.6 Å². The minimum absolute atomic E-state index is 0.0640. The summed E-state index contributed by atoms with van der Waals surface area (Å²) in [6.45, 7) is -0.0640. The second-order valence-corrected chi connectivity index (χ2v) is 5.28. The summed E-state index contributed by atoms with van der Waals surface area (Å²) in [5, 5.41) is 11.3. The zero-order valence-corrected chi connectivity index (χ0v) is 14.0. The Bertz CT molecular complexity index is 968. The van der Waals surface area contributed by atoms with Crippen LogP contribution in [0.2, 0.25) is 0 Å². The van der Waals surface area contributed by atoms with Crippen LogP contribution in [-0.2, 0) is 4.79 Å². The summed E-state index contributed by atoms with van der Waals surface area (Å²) in [5.74, 6) is 1.03. The molecule has 0 radical (unpaired) electrons. The van der Waals surface area contributed by atoms with Crippen LogP contribution in [0.25, 0.3) is 17.1 Å². The molecule has 0 saturated heterocycles. The van der Waals surface area contributed by atoms with Crippen molar-refractivity contribution in [1.29, 1.82) is 5.26 Å². The number of aromatic nitrogens is 2. The number of nitrogens with one attached hydrogen (secondary N) is 2. The van der Waals surface area contributed by atoms with Gasteiger partial charge in [-0.3, -0.25) is 10.1 Å². The molecule has 0 fully saturated rings. The maximum Gasteiger partial charge on any atom is 0.250 e. The second-order valence-electron chi connectivity index (χ2n) is 5.28. The molecule has 0 aliphatic heterocycles. The van der Waals surface area contributed by atoms with Crippen LogP contribution >= 0.6 is 0 Å². The van der Waals surface area contributed by atoms with Gasteiger partial charge in [-0.2, -0.15) is 5.26 Å². The third kappa shape index (κ3) is 3.99. The van der Waals surface area contributed by atoms with Crippen molar-refractivity contribution in [3.63, 3.8) is 0 Å². The average Bonchev–Trinajstić information content (AvgIpc) is 3.07. The van der Waals surface area contributed by atoms with Gasteiger partial charge in [0, 0.05) is 6.08 Å². The normalized spacial score (nSPS) is 10.6. The first-order valence-corrected chi connectivity index (χ1v) is 7.81. The zero-order chi connectivity index (χ0) is 18.4. The predicted molar refractivity (Wildman–Crippen MR) is 97.9 cm³/mol. The first kappa shape index (κ1) is 17.0. The fourth-order valence-corrected chi connectivity index (χ4v) is 2.36. The quantitative estimate of drug-likeness (QED) is 0.667. The number of aromatic amines is 1. The standard InChI is InChI=1S/C19H16N4O3/c1-25-17-12-13(6-8-16(17)26-11-10-20)7-9-18(24)23-19-21-14-4-2-3-5-15(14)22-19/h2-9,12H,11H2,1H3,(H2,21,22,23,24)/b9-7+. The van der Waals surface area contributed by atoms with Crippen molar-refractivity contribution in [2.24, 2.45) is 0 Å². The van der Waals surface area contributed by atoms with E-state index < -0.39 is 0 Å². The Balaban J connectivity index is 1.68. The van der Waals surface area contributed by atoms with Crippen LogP contribution in [0, 0.1) is 11.3 Å². The van der Waals surface area contributed by atoms with Crippen LogP contribution in [0.15, 0.2) is 48.5 Å². The lowest BCUT2D eigenvalue weighted by Crippen LogP contribution is -2.08. The van der Waals surface area contributed by atoms with Gasteiger partial charge < -0.3 is 14.5 Å². The molecule has 0 bridgehead atoms. The second kappa shape index (κ2) is 7.85. The topological polar surface area (TPSA) is 100 Å². The van der Waals surface area contributed by atoms with E-state index in [9.17, 15) is 4.79 Å². The molecule has 0 aliphatic carbocycles. The van der Waals surface area contributed by atoms with Crippen molar-refractivity contribution < 1.29 is 14.3 Å². The molecule has 130 valence electrons. The van der Waals surface area contributed by atoms with Gasteiger partial charge in [0.25, 0.3) is 5.91 Å². The number of rotatable bonds is 6. The number of carbonyl (C=O) groups is 1. The molecule has 1 amide bonds. The Morgan fingerprint density at radius 1 is 1.31 bits per heavy atom. The van der Waals surface area contributed by atoms with Gasteiger partial charge >= 0.3 is 0 Å². The molecule has 0 unspecified atom stereocenters. The number of amides is 1. The highest BCUT2D eigenvalue weighted by molar-refractivity contribution is 6.01. The minimum Gasteiger partial charge on any atom is -0.493 e. The number of methoxy groups -OCH3 is 1. The fourth-order valence-electron chi connectivity index (χ4n) is 2.36. The molecule has 3 aromatic rings. The number of para-hydroxylation sites is 2. The van der Waals surface area contributed by atoms with Crippen molar-refractivity contribution >= 4 is 29.0 Å². The summed E-state index contributed by atoms with van der Waals surface area (Å²) in [5.41, 5.74) is 2.39. The lowest BCUT2D eigenvalue weighted by Gasteiger charge is -2.08. The van der Waals surface area contributed by atoms with Crippen molar-refractivity contribution in [2.45, 2.75) is 0 Å². The van der Waals surface area contributed by atoms with Crippen LogP contribution in [0.1, 0.15) is 5.56 Å². The van der Waals surface area contributed by atoms with E-state index in [4.69, 9.17) is 14.7 Å². The van der Waals surface area contributed by atoms with Crippen LogP contribution in [0.4, 0.5) is 5.95 Å². The number of hydrogen-bond donors (Lipinski definition) is 2. The number of carbonyl (C=O) groups excluding carboxylic acids is 1. The highest BCUT2D eigenvalue weighted by Gasteiger charge is 2.06. The Hall–Kier alpha value is -3.79. The van der Waals surface area contributed by atoms with Crippen molar-refractivity contribution in [2.75, 3.05) is 19.0 Å². The Kier molecular flexibility index (Phi) is 5.15. The predicted octanol–water partition coefficient (Wildman–Crippen LogP) is 3.13. The average molecular weight is 348 g/mol. The van der Waals surface area contributed by atoms with Crippen molar-refractivity contribution in [3.05, 3.63) is 54.1 Å². The van der Waals surface area contributed by atoms with Gasteiger partial charge in [-0.15, -0.1) is 0 Å². The summed E-state index contributed by atoms with van der Waals surface area (Å²) in [6, 6.07) is 14.6. The maximum atomic E-state index is 12.1. The maximum absolute atomic E-state index is 12.1. The van der Waals surface area contributed by atoms with E-state index in [0.29, 0.717) is 17.4 Å². The van der Waals surface area contributed by atoms with Gasteiger partial charge in [0.2, 0.25) is 5.95 Å². The molecule has 7 heteroatoms. The van der Waals surface area contributed by atoms with Crippen LogP contribution in [0.5, 0.6) is 11.5 Å². The van der Waals surface area contributed by atoms with Gasteiger partial charge in [-0.25, -0.2) is 4.98 Å². The Labute approximate surface area is 149 Å². The number of H-pyrrole nitrogens is 1. The van der Waals surface area contributed by atoms with E-state index in [0.717, 1.165) is 16.6 Å². The first-order chi connectivity index (χ1) is 12.7. The van der Waals surface area contributed by atoms with Crippen molar-refractivity contribution in [1.82, 2.24) is 9.97 Å². The number of anilines is 1. The molecule has 0 spiro atoms. The van der Waals surface area contributed by atoms with Gasteiger partial charge in [-0.05, 0) is 35.9 Å². The van der Waals surface area contributed by atoms with E-state index in [-0.39, 0.29) is 12.5 Å². The molecule has 3 rings (SSSR count). The minimum atomic E-state index is -0.312. The van der Waals surface area contributed by atoms with E-state index >= 15 is 0 Å². The molecular formula is C19H16N4O3. The number of hydrogen-bond acceptors (Lipinski definition) is 5. The van der Waals surface area contributed by atoms with Gasteiger partial charge in [0.15, 0.2) is 18.1 Å². The lowest BCUT2D eigenvalue weighted by atomic mass is 10.2. The Morgan fingerprint density at radius 3 is 2.92 bits per heavy atom. The monoisotopic (exact) mass is 348 g/mol. The SMILES string of the molecule is COc1cc(/C=C/C(=O)Nc2nc3ccccc3[nH]2)ccc1OCC#N. The summed E-state index contributed by atoms with van der Waals surface area (Å²) in [7, 11) is 1.51. The highest BCUT2D eigenvalue weighted by Crippen LogP contribution is 2.28. The number of benzene rings is 2. The number of imidazole rings is 1. The molecule has 0 atom stereocenters. The number of fused-ring (bicyclic) bond motifs is 1. The van der Waals surface area contributed by atoms with Gasteiger partial charge in [-0.1, -0.05) is 18.2 Å². The number of ether oxygens (including phenoxy) is 2. The van der Waals surface area contributed by atoms with E-state index in [1.54, 1.807) is 24.3 Å². The molecule has 0 saturated carbocycles. The third-order valence-corrected chi connectivity index (χ3v) is 3.54. The summed E-state index contributed by atoms with van der Waals surface area (Å²) >= 11 is 0. The van der Waals surface area contributed by atoms with Crippen molar-refractivity contribution in [3.8, 4) is 17.6 Å². The summed E-state index contributed by atoms with van der Waals surface area (Å²) in [6.07, 6.45) is 3.05. The molecule has 26 heavy (non-hydrogen) atoms. The molecule has 1 aromatic heterocycles. The molecular weight excluding hydrogens is 332 g/mol. The molecule has 0 aliphatic rings. The zero-order valence-electron chi connectivity index (χ0n) is 14.0. The van der Waals surface area contributed by atoms with Gasteiger partial charge in [0.05, 0.1) is 18.1 Å². The largest absolute Gasteiger partial charge is 0.493 e. The third-order valence-electron chi connectivity index (χ3n) is 3.54. The number of nitrogens with zero attached hydrogens (tertiary/aromatic N) is 2. The highest BCUT2D eigenvalue weighted by atomic mass is 16.5. The molecule has 2 N–H and O–H groups in total. The lowest BCUT2D eigenvalue weighted by molar-refractivity contribution is -0.111. The molecule has 1 heterocycles. The molecule has 2 aromatic carbocycles. The first-order valence-electron chi connectivity index (χ1n) is 7.81. The van der Waals surface area contributed by atoms with Gasteiger partial charge in [0.1, 0.15) is 6.07 Å². The fraction of sp³-hybridized carbons (Fsp3) is 0.105. The van der Waals surface area contributed by atoms with Crippen LogP contribution < -0.4 is 14.8 Å². The molecule has 7 nitrogen and oxygen atoms in total. The van der Waals surface area contributed by atoms with Crippen LogP contribution in [0.3, 0.4) is 0 Å². The summed E-state index contributed by atoms with van der Waals surface area (Å²) in [4.78, 5) is 19.4. The number of nitriles is 1. The Morgan fingerprint density at radius 2 is 2.15 bits per heavy atom.